The van der Waals surface area contributed by atoms with Gasteiger partial charge < -0.3 is 19.9 Å². The van der Waals surface area contributed by atoms with E-state index in [1.54, 1.807) is 0 Å². The fraction of sp³-hybridized carbons (Fsp3) is 0.381. The molecule has 14 heteroatoms. The largest absolute Gasteiger partial charge is 0.573 e. The maximum absolute atomic E-state index is 12.7. The number of benzene rings is 2. The Bertz CT molecular complexity index is 944. The lowest BCUT2D eigenvalue weighted by atomic mass is 9.71. The molecule has 0 aliphatic rings. The highest BCUT2D eigenvalue weighted by molar-refractivity contribution is 5.71. The van der Waals surface area contributed by atoms with Gasteiger partial charge in [0.15, 0.2) is 0 Å². The van der Waals surface area contributed by atoms with E-state index in [1.807, 2.05) is 0 Å². The van der Waals surface area contributed by atoms with Crippen LogP contribution in [0.25, 0.3) is 0 Å². The SMILES string of the molecule is O=C(O)CC(CNCCC(F)(F)F)(c1cccc(OC(F)(F)F)c1)c1cccc(OC(F)(F)F)c1. The normalized spacial score (nSPS) is 12.9. The van der Waals surface area contributed by atoms with E-state index in [-0.39, 0.29) is 11.1 Å². The second-order valence-electron chi connectivity index (χ2n) is 7.35. The van der Waals surface area contributed by atoms with E-state index >= 15 is 0 Å². The summed E-state index contributed by atoms with van der Waals surface area (Å²) < 4.78 is 122. The molecule has 194 valence electrons. The molecule has 2 aromatic rings. The lowest BCUT2D eigenvalue weighted by molar-refractivity contribution is -0.275. The van der Waals surface area contributed by atoms with Crippen molar-refractivity contribution in [2.24, 2.45) is 0 Å². The van der Waals surface area contributed by atoms with Gasteiger partial charge in [0, 0.05) is 18.5 Å². The number of rotatable bonds is 10. The zero-order valence-electron chi connectivity index (χ0n) is 17.5. The Morgan fingerprint density at radius 3 is 1.63 bits per heavy atom. The molecule has 0 amide bonds. The maximum Gasteiger partial charge on any atom is 0.573 e. The first-order valence-electron chi connectivity index (χ1n) is 9.71. The van der Waals surface area contributed by atoms with Gasteiger partial charge in [0.2, 0.25) is 0 Å². The number of halogens is 9. The third kappa shape index (κ3) is 9.19. The quantitative estimate of drug-likeness (QED) is 0.308. The standard InChI is InChI=1S/C21H18F9NO4/c22-19(23,24)7-8-31-12-18(11-17(32)33,13-3-1-5-15(9-13)34-20(25,26)27)14-4-2-6-16(10-14)35-21(28,29)30/h1-6,9-10,31H,7-8,11-12H2,(H,32,33). The lowest BCUT2D eigenvalue weighted by Gasteiger charge is -2.35. The molecule has 2 N–H and O–H groups in total. The molecule has 0 atom stereocenters. The van der Waals surface area contributed by atoms with Crippen LogP contribution in [0, 0.1) is 0 Å². The Morgan fingerprint density at radius 2 is 1.26 bits per heavy atom. The van der Waals surface area contributed by atoms with Crippen molar-refractivity contribution in [3.05, 3.63) is 59.7 Å². The van der Waals surface area contributed by atoms with Crippen molar-refractivity contribution in [1.29, 1.82) is 0 Å². The molecule has 35 heavy (non-hydrogen) atoms. The molecule has 2 aromatic carbocycles. The molecule has 0 fully saturated rings. The Morgan fingerprint density at radius 1 is 0.800 bits per heavy atom. The molecule has 0 heterocycles. The number of alkyl halides is 9. The fourth-order valence-corrected chi connectivity index (χ4v) is 3.41. The number of carbonyl (C=O) groups is 1. The van der Waals surface area contributed by atoms with Crippen LogP contribution in [0.4, 0.5) is 39.5 Å². The smallest absolute Gasteiger partial charge is 0.481 e. The topological polar surface area (TPSA) is 67.8 Å². The lowest BCUT2D eigenvalue weighted by Crippen LogP contribution is -2.42. The zero-order chi connectivity index (χ0) is 26.5. The van der Waals surface area contributed by atoms with Crippen molar-refractivity contribution in [3.63, 3.8) is 0 Å². The van der Waals surface area contributed by atoms with Crippen LogP contribution < -0.4 is 14.8 Å². The van der Waals surface area contributed by atoms with Gasteiger partial charge in [-0.1, -0.05) is 24.3 Å². The average Bonchev–Trinajstić information content (AvgIpc) is 2.67. The van der Waals surface area contributed by atoms with Crippen molar-refractivity contribution < 1.29 is 58.9 Å². The molecule has 0 bridgehead atoms. The van der Waals surface area contributed by atoms with E-state index in [9.17, 15) is 49.4 Å². The summed E-state index contributed by atoms with van der Waals surface area (Å²) >= 11 is 0. The van der Waals surface area contributed by atoms with Gasteiger partial charge >= 0.3 is 24.9 Å². The van der Waals surface area contributed by atoms with Gasteiger partial charge in [0.1, 0.15) is 11.5 Å². The van der Waals surface area contributed by atoms with Gasteiger partial charge in [-0.2, -0.15) is 13.2 Å². The van der Waals surface area contributed by atoms with E-state index in [0.29, 0.717) is 0 Å². The summed E-state index contributed by atoms with van der Waals surface area (Å²) in [4.78, 5) is 11.8. The van der Waals surface area contributed by atoms with Crippen molar-refractivity contribution in [2.75, 3.05) is 13.1 Å². The molecule has 0 aromatic heterocycles. The number of carboxylic acid groups (broad SMARTS) is 1. The monoisotopic (exact) mass is 519 g/mol. The van der Waals surface area contributed by atoms with Gasteiger partial charge in [-0.3, -0.25) is 4.79 Å². The van der Waals surface area contributed by atoms with Crippen LogP contribution in [-0.2, 0) is 10.2 Å². The fourth-order valence-electron chi connectivity index (χ4n) is 3.41. The first-order chi connectivity index (χ1) is 16.0. The number of carboxylic acids is 1. The van der Waals surface area contributed by atoms with Gasteiger partial charge in [0.25, 0.3) is 0 Å². The molecule has 5 nitrogen and oxygen atoms in total. The third-order valence-corrected chi connectivity index (χ3v) is 4.71. The van der Waals surface area contributed by atoms with E-state index in [4.69, 9.17) is 0 Å². The molecule has 0 aliphatic heterocycles. The van der Waals surface area contributed by atoms with Gasteiger partial charge in [-0.25, -0.2) is 0 Å². The van der Waals surface area contributed by atoms with Gasteiger partial charge in [-0.05, 0) is 35.4 Å². The number of hydrogen-bond acceptors (Lipinski definition) is 4. The summed E-state index contributed by atoms with van der Waals surface area (Å²) in [6.07, 6.45) is -17.0. The molecule has 0 saturated carbocycles. The molecule has 0 saturated heterocycles. The molecule has 0 spiro atoms. The van der Waals surface area contributed by atoms with Crippen LogP contribution in [-0.4, -0.2) is 43.1 Å². The number of hydrogen-bond donors (Lipinski definition) is 2. The number of nitrogens with one attached hydrogen (secondary N) is 1. The summed E-state index contributed by atoms with van der Waals surface area (Å²) in [5.74, 6) is -3.04. The minimum Gasteiger partial charge on any atom is -0.481 e. The first-order valence-corrected chi connectivity index (χ1v) is 9.71. The zero-order valence-corrected chi connectivity index (χ0v) is 17.5. The van der Waals surface area contributed by atoms with E-state index in [0.717, 1.165) is 36.4 Å². The van der Waals surface area contributed by atoms with Crippen LogP contribution >= 0.6 is 0 Å². The summed E-state index contributed by atoms with van der Waals surface area (Å²) in [5.41, 5.74) is -2.23. The van der Waals surface area contributed by atoms with Gasteiger partial charge in [0.05, 0.1) is 12.8 Å². The minimum atomic E-state index is -5.11. The molecule has 0 radical (unpaired) electrons. The molecule has 2 rings (SSSR count). The number of ether oxygens (including phenoxy) is 2. The molecular weight excluding hydrogens is 501 g/mol. The molecular formula is C21H18F9NO4. The minimum absolute atomic E-state index is 0.162. The average molecular weight is 519 g/mol. The Balaban J connectivity index is 2.61. The second-order valence-corrected chi connectivity index (χ2v) is 7.35. The van der Waals surface area contributed by atoms with Crippen molar-refractivity contribution in [3.8, 4) is 11.5 Å². The Labute approximate surface area is 192 Å². The summed E-state index contributed by atoms with van der Waals surface area (Å²) in [7, 11) is 0. The second kappa shape index (κ2) is 10.6. The molecule has 0 aliphatic carbocycles. The third-order valence-electron chi connectivity index (χ3n) is 4.71. The predicted molar refractivity (Wildman–Crippen MR) is 103 cm³/mol. The van der Waals surface area contributed by atoms with Crippen molar-refractivity contribution >= 4 is 5.97 Å². The summed E-state index contributed by atoms with van der Waals surface area (Å²) in [5, 5.41) is 11.9. The maximum atomic E-state index is 12.7. The van der Waals surface area contributed by atoms with Crippen LogP contribution in [0.5, 0.6) is 11.5 Å². The first kappa shape index (κ1) is 28.1. The van der Waals surface area contributed by atoms with Crippen LogP contribution in [0.1, 0.15) is 24.0 Å². The number of aliphatic carboxylic acids is 1. The summed E-state index contributed by atoms with van der Waals surface area (Å²) in [6, 6.07) is 7.99. The van der Waals surface area contributed by atoms with E-state index in [1.165, 1.54) is 12.1 Å². The Kier molecular flexibility index (Phi) is 8.52. The van der Waals surface area contributed by atoms with Crippen LogP contribution in [0.2, 0.25) is 0 Å². The Hall–Kier alpha value is -3.16. The van der Waals surface area contributed by atoms with Crippen LogP contribution in [0.3, 0.4) is 0 Å². The van der Waals surface area contributed by atoms with Crippen LogP contribution in [0.15, 0.2) is 48.5 Å². The predicted octanol–water partition coefficient (Wildman–Crippen LogP) is 5.79. The highest BCUT2D eigenvalue weighted by Gasteiger charge is 2.39. The summed E-state index contributed by atoms with van der Waals surface area (Å²) in [6.45, 7) is -1.28. The highest BCUT2D eigenvalue weighted by Crippen LogP contribution is 2.39. The van der Waals surface area contributed by atoms with E-state index in [2.05, 4.69) is 14.8 Å². The van der Waals surface area contributed by atoms with Crippen molar-refractivity contribution in [2.45, 2.75) is 37.2 Å². The molecule has 0 unspecified atom stereocenters. The van der Waals surface area contributed by atoms with E-state index < -0.39 is 67.7 Å². The van der Waals surface area contributed by atoms with Gasteiger partial charge in [-0.15, -0.1) is 26.3 Å². The van der Waals surface area contributed by atoms with Crippen molar-refractivity contribution in [1.82, 2.24) is 5.32 Å². The highest BCUT2D eigenvalue weighted by atomic mass is 19.4.